The Bertz CT molecular complexity index is 285. The Hall–Kier alpha value is -1.18. The molecular weight excluding hydrogens is 194 g/mol. The summed E-state index contributed by atoms with van der Waals surface area (Å²) in [5, 5.41) is 0. The van der Waals surface area contributed by atoms with Crippen molar-refractivity contribution in [2.24, 2.45) is 0 Å². The second kappa shape index (κ2) is 7.16. The van der Waals surface area contributed by atoms with E-state index in [-0.39, 0.29) is 18.1 Å². The van der Waals surface area contributed by atoms with E-state index in [0.717, 1.165) is 11.1 Å². The molecule has 0 aliphatic carbocycles. The van der Waals surface area contributed by atoms with Gasteiger partial charge in [0.25, 0.3) is 0 Å². The van der Waals surface area contributed by atoms with Crippen molar-refractivity contribution in [2.75, 3.05) is 0 Å². The van der Waals surface area contributed by atoms with Gasteiger partial charge in [-0.15, -0.1) is 0 Å². The third-order valence-corrected chi connectivity index (χ3v) is 2.18. The lowest BCUT2D eigenvalue weighted by atomic mass is 10.00. The highest BCUT2D eigenvalue weighted by Crippen LogP contribution is 2.21. The van der Waals surface area contributed by atoms with Crippen molar-refractivity contribution in [3.8, 4) is 0 Å². The highest BCUT2D eigenvalue weighted by molar-refractivity contribution is 5.26. The van der Waals surface area contributed by atoms with Crippen LogP contribution in [-0.2, 0) is 0 Å². The quantitative estimate of drug-likeness (QED) is 0.520. The zero-order chi connectivity index (χ0) is 11.8. The maximum Gasteiger partial charge on any atom is 0.0960 e. The minimum absolute atomic E-state index is 0.154. The van der Waals surface area contributed by atoms with E-state index in [1.165, 1.54) is 6.08 Å². The van der Waals surface area contributed by atoms with Crippen LogP contribution < -0.4 is 0 Å². The molecule has 0 atom stereocenters. The van der Waals surface area contributed by atoms with Gasteiger partial charge < -0.3 is 0 Å². The first-order valence-electron chi connectivity index (χ1n) is 4.97. The molecule has 0 aromatic carbocycles. The van der Waals surface area contributed by atoms with Crippen LogP contribution in [0.1, 0.15) is 32.6 Å². The van der Waals surface area contributed by atoms with Crippen LogP contribution >= 0.6 is 0 Å². The fraction of sp³-hybridized carbons (Fsp3) is 0.385. The molecule has 0 bridgehead atoms. The minimum atomic E-state index is -0.358. The van der Waals surface area contributed by atoms with E-state index in [1.807, 2.05) is 0 Å². The van der Waals surface area contributed by atoms with Crippen LogP contribution in [0.25, 0.3) is 0 Å². The van der Waals surface area contributed by atoms with E-state index in [1.54, 1.807) is 6.92 Å². The number of halogens is 2. The Labute approximate surface area is 90.7 Å². The summed E-state index contributed by atoms with van der Waals surface area (Å²) >= 11 is 0. The molecule has 0 aromatic heterocycles. The molecule has 0 saturated heterocycles. The first kappa shape index (κ1) is 13.8. The van der Waals surface area contributed by atoms with Crippen LogP contribution in [-0.4, -0.2) is 0 Å². The normalized spacial score (nSPS) is 11.3. The molecule has 84 valence electrons. The zero-order valence-electron chi connectivity index (χ0n) is 9.28. The SMILES string of the molecule is C=C(F)CCC(=C)C(=C)CC/C(F)=C/C. The van der Waals surface area contributed by atoms with Gasteiger partial charge in [0.2, 0.25) is 0 Å². The Balaban J connectivity index is 3.90. The highest BCUT2D eigenvalue weighted by Gasteiger charge is 2.03. The Kier molecular flexibility index (Phi) is 6.59. The first-order chi connectivity index (χ1) is 6.97. The summed E-state index contributed by atoms with van der Waals surface area (Å²) in [7, 11) is 0. The van der Waals surface area contributed by atoms with E-state index in [2.05, 4.69) is 19.7 Å². The fourth-order valence-corrected chi connectivity index (χ4v) is 1.05. The van der Waals surface area contributed by atoms with Gasteiger partial charge in [0.05, 0.1) is 11.7 Å². The third-order valence-electron chi connectivity index (χ3n) is 2.18. The van der Waals surface area contributed by atoms with E-state index in [0.29, 0.717) is 19.3 Å². The number of rotatable bonds is 7. The lowest BCUT2D eigenvalue weighted by molar-refractivity contribution is 0.581. The molecular formula is C13H18F2. The molecule has 0 rings (SSSR count). The second-order valence-corrected chi connectivity index (χ2v) is 3.46. The van der Waals surface area contributed by atoms with Crippen molar-refractivity contribution in [1.82, 2.24) is 0 Å². The van der Waals surface area contributed by atoms with Crippen molar-refractivity contribution < 1.29 is 8.78 Å². The molecule has 0 nitrogen and oxygen atoms in total. The Morgan fingerprint density at radius 3 is 1.80 bits per heavy atom. The molecule has 0 aromatic rings. The Morgan fingerprint density at radius 2 is 1.40 bits per heavy atom. The molecule has 0 aliphatic heterocycles. The maximum atomic E-state index is 12.8. The molecule has 0 saturated carbocycles. The molecule has 0 radical (unpaired) electrons. The lowest BCUT2D eigenvalue weighted by Gasteiger charge is -2.07. The molecule has 0 fully saturated rings. The molecule has 0 N–H and O–H groups in total. The van der Waals surface area contributed by atoms with Crippen LogP contribution in [0, 0.1) is 0 Å². The van der Waals surface area contributed by atoms with E-state index >= 15 is 0 Å². The van der Waals surface area contributed by atoms with Gasteiger partial charge in [-0.2, -0.15) is 0 Å². The minimum Gasteiger partial charge on any atom is -0.212 e. The highest BCUT2D eigenvalue weighted by atomic mass is 19.1. The van der Waals surface area contributed by atoms with Gasteiger partial charge in [-0.25, -0.2) is 8.78 Å². The lowest BCUT2D eigenvalue weighted by Crippen LogP contribution is -1.89. The summed E-state index contributed by atoms with van der Waals surface area (Å²) in [6.45, 7) is 12.4. The van der Waals surface area contributed by atoms with Gasteiger partial charge in [-0.1, -0.05) is 37.0 Å². The molecule has 0 unspecified atom stereocenters. The van der Waals surface area contributed by atoms with Crippen molar-refractivity contribution in [1.29, 1.82) is 0 Å². The molecule has 0 amide bonds. The van der Waals surface area contributed by atoms with Crippen LogP contribution in [0.5, 0.6) is 0 Å². The average Bonchev–Trinajstić information content (AvgIpc) is 2.21. The topological polar surface area (TPSA) is 0 Å². The zero-order valence-corrected chi connectivity index (χ0v) is 9.28. The summed E-state index contributed by atoms with van der Waals surface area (Å²) in [5.41, 5.74) is 1.56. The van der Waals surface area contributed by atoms with Gasteiger partial charge in [-0.05, 0) is 19.8 Å². The molecule has 2 heteroatoms. The number of hydrogen-bond acceptors (Lipinski definition) is 0. The van der Waals surface area contributed by atoms with Crippen molar-refractivity contribution in [3.63, 3.8) is 0 Å². The van der Waals surface area contributed by atoms with Crippen molar-refractivity contribution in [3.05, 3.63) is 48.6 Å². The summed E-state index contributed by atoms with van der Waals surface area (Å²) in [4.78, 5) is 0. The standard InChI is InChI=1S/C13H18F2/c1-5-13(15)9-7-11(3)10(2)6-8-12(4)14/h5H,2-4,6-9H2,1H3/b13-5-. The summed E-state index contributed by atoms with van der Waals surface area (Å²) < 4.78 is 25.1. The van der Waals surface area contributed by atoms with Crippen LogP contribution in [0.15, 0.2) is 48.6 Å². The van der Waals surface area contributed by atoms with Crippen molar-refractivity contribution in [2.45, 2.75) is 32.6 Å². The molecule has 0 aliphatic rings. The van der Waals surface area contributed by atoms with Gasteiger partial charge in [0.15, 0.2) is 0 Å². The van der Waals surface area contributed by atoms with E-state index < -0.39 is 0 Å². The predicted octanol–water partition coefficient (Wildman–Crippen LogP) is 5.02. The van der Waals surface area contributed by atoms with Gasteiger partial charge >= 0.3 is 0 Å². The van der Waals surface area contributed by atoms with Crippen LogP contribution in [0.4, 0.5) is 8.78 Å². The number of hydrogen-bond donors (Lipinski definition) is 0. The monoisotopic (exact) mass is 212 g/mol. The second-order valence-electron chi connectivity index (χ2n) is 3.46. The van der Waals surface area contributed by atoms with Crippen LogP contribution in [0.3, 0.4) is 0 Å². The predicted molar refractivity (Wildman–Crippen MR) is 61.9 cm³/mol. The summed E-state index contributed by atoms with van der Waals surface area (Å²) in [6.07, 6.45) is 3.08. The smallest absolute Gasteiger partial charge is 0.0960 e. The van der Waals surface area contributed by atoms with E-state index in [4.69, 9.17) is 0 Å². The molecule has 0 spiro atoms. The Morgan fingerprint density at radius 1 is 0.933 bits per heavy atom. The van der Waals surface area contributed by atoms with E-state index in [9.17, 15) is 8.78 Å². The van der Waals surface area contributed by atoms with Gasteiger partial charge in [0.1, 0.15) is 0 Å². The first-order valence-corrected chi connectivity index (χ1v) is 4.97. The van der Waals surface area contributed by atoms with Gasteiger partial charge in [0, 0.05) is 12.8 Å². The third kappa shape index (κ3) is 6.83. The summed E-state index contributed by atoms with van der Waals surface area (Å²) in [6, 6.07) is 0. The number of allylic oxidation sites excluding steroid dienone is 5. The van der Waals surface area contributed by atoms with Crippen LogP contribution in [0.2, 0.25) is 0 Å². The summed E-state index contributed by atoms with van der Waals surface area (Å²) in [5.74, 6) is -0.512. The fourth-order valence-electron chi connectivity index (χ4n) is 1.05. The average molecular weight is 212 g/mol. The largest absolute Gasteiger partial charge is 0.212 e. The molecule has 0 heterocycles. The van der Waals surface area contributed by atoms with Crippen molar-refractivity contribution >= 4 is 0 Å². The van der Waals surface area contributed by atoms with Gasteiger partial charge in [-0.3, -0.25) is 0 Å². The maximum absolute atomic E-state index is 12.8. The molecule has 15 heavy (non-hydrogen) atoms.